The maximum Gasteiger partial charge on any atom is 0.337 e. The van der Waals surface area contributed by atoms with Gasteiger partial charge in [0.2, 0.25) is 0 Å². The lowest BCUT2D eigenvalue weighted by Gasteiger charge is -2.18. The molecular weight excluding hydrogens is 340 g/mol. The molecule has 0 heterocycles. The Balaban J connectivity index is 2.14. The number of rotatable bonds is 4. The molecule has 0 fully saturated rings. The largest absolute Gasteiger partial charge is 0.465 e. The van der Waals surface area contributed by atoms with Crippen LogP contribution in [0.15, 0.2) is 36.4 Å². The molecule has 0 aliphatic carbocycles. The molecule has 2 aromatic rings. The van der Waals surface area contributed by atoms with Crippen molar-refractivity contribution in [1.29, 1.82) is 0 Å². The van der Waals surface area contributed by atoms with E-state index in [4.69, 9.17) is 11.6 Å². The fraction of sp³-hybridized carbons (Fsp3) is 0.176. The molecule has 0 radical (unpaired) electrons. The van der Waals surface area contributed by atoms with Gasteiger partial charge < -0.3 is 9.64 Å². The van der Waals surface area contributed by atoms with E-state index in [2.05, 4.69) is 4.74 Å². The number of esters is 1. The van der Waals surface area contributed by atoms with Crippen LogP contribution in [-0.2, 0) is 11.3 Å². The highest BCUT2D eigenvalue weighted by Crippen LogP contribution is 2.22. The number of carbonyl (C=O) groups is 2. The maximum absolute atomic E-state index is 13.3. The number of ether oxygens (including phenoxy) is 1. The van der Waals surface area contributed by atoms with Crippen LogP contribution in [0, 0.1) is 11.6 Å². The van der Waals surface area contributed by atoms with Gasteiger partial charge in [0, 0.05) is 13.6 Å². The minimum Gasteiger partial charge on any atom is -0.465 e. The highest BCUT2D eigenvalue weighted by Gasteiger charge is 2.18. The number of halogens is 3. The van der Waals surface area contributed by atoms with Crippen molar-refractivity contribution in [3.05, 3.63) is 69.7 Å². The molecule has 0 atom stereocenters. The van der Waals surface area contributed by atoms with E-state index in [1.54, 1.807) is 24.3 Å². The van der Waals surface area contributed by atoms with Gasteiger partial charge in [0.25, 0.3) is 5.91 Å². The van der Waals surface area contributed by atoms with Crippen LogP contribution in [0.25, 0.3) is 0 Å². The molecule has 2 aromatic carbocycles. The van der Waals surface area contributed by atoms with Crippen molar-refractivity contribution < 1.29 is 23.1 Å². The van der Waals surface area contributed by atoms with E-state index in [0.29, 0.717) is 5.56 Å². The number of hydrogen-bond donors (Lipinski definition) is 0. The van der Waals surface area contributed by atoms with E-state index in [9.17, 15) is 18.4 Å². The van der Waals surface area contributed by atoms with Crippen molar-refractivity contribution in [2.75, 3.05) is 14.2 Å². The van der Waals surface area contributed by atoms with E-state index in [1.165, 1.54) is 19.1 Å². The van der Waals surface area contributed by atoms with Gasteiger partial charge in [-0.3, -0.25) is 4.79 Å². The van der Waals surface area contributed by atoms with Crippen LogP contribution in [0.1, 0.15) is 26.3 Å². The molecule has 0 unspecified atom stereocenters. The summed E-state index contributed by atoms with van der Waals surface area (Å²) in [5, 5.41) is -0.160. The van der Waals surface area contributed by atoms with Gasteiger partial charge in [-0.1, -0.05) is 23.7 Å². The van der Waals surface area contributed by atoms with Gasteiger partial charge >= 0.3 is 5.97 Å². The molecule has 126 valence electrons. The Bertz CT molecular complexity index is 778. The number of nitrogens with zero attached hydrogens (tertiary/aromatic N) is 1. The first-order valence-corrected chi connectivity index (χ1v) is 7.28. The molecule has 0 aliphatic heterocycles. The Labute approximate surface area is 142 Å². The summed E-state index contributed by atoms with van der Waals surface area (Å²) in [5.74, 6) is -3.26. The van der Waals surface area contributed by atoms with Crippen LogP contribution in [-0.4, -0.2) is 30.9 Å². The van der Waals surface area contributed by atoms with Crippen LogP contribution >= 0.6 is 11.6 Å². The molecule has 0 spiro atoms. The van der Waals surface area contributed by atoms with Crippen LogP contribution in [0.4, 0.5) is 8.78 Å². The first-order valence-electron chi connectivity index (χ1n) is 6.90. The van der Waals surface area contributed by atoms with E-state index < -0.39 is 23.5 Å². The predicted octanol–water partition coefficient (Wildman–Crippen LogP) is 3.68. The summed E-state index contributed by atoms with van der Waals surface area (Å²) in [7, 11) is 2.79. The second-order valence-corrected chi connectivity index (χ2v) is 5.50. The van der Waals surface area contributed by atoms with Gasteiger partial charge in [-0.25, -0.2) is 13.6 Å². The van der Waals surface area contributed by atoms with Gasteiger partial charge in [0.1, 0.15) is 0 Å². The molecule has 2 rings (SSSR count). The number of benzene rings is 2. The summed E-state index contributed by atoms with van der Waals surface area (Å²) in [6, 6.07) is 8.03. The molecule has 0 saturated carbocycles. The predicted molar refractivity (Wildman–Crippen MR) is 84.9 cm³/mol. The average Bonchev–Trinajstić information content (AvgIpc) is 2.57. The molecular formula is C17H14ClF2NO3. The zero-order chi connectivity index (χ0) is 17.9. The van der Waals surface area contributed by atoms with Gasteiger partial charge in [-0.2, -0.15) is 0 Å². The van der Waals surface area contributed by atoms with Crippen molar-refractivity contribution >= 4 is 23.5 Å². The number of hydrogen-bond acceptors (Lipinski definition) is 3. The van der Waals surface area contributed by atoms with E-state index in [0.717, 1.165) is 17.7 Å². The van der Waals surface area contributed by atoms with Gasteiger partial charge in [-0.05, 0) is 29.8 Å². The third-order valence-electron chi connectivity index (χ3n) is 3.38. The Morgan fingerprint density at radius 1 is 1.12 bits per heavy atom. The van der Waals surface area contributed by atoms with Crippen LogP contribution in [0.2, 0.25) is 5.02 Å². The topological polar surface area (TPSA) is 46.6 Å². The Hall–Kier alpha value is -2.47. The summed E-state index contributed by atoms with van der Waals surface area (Å²) in [5.41, 5.74) is 1.01. The van der Waals surface area contributed by atoms with Crippen molar-refractivity contribution in [3.63, 3.8) is 0 Å². The number of carbonyl (C=O) groups excluding carboxylic acids is 2. The van der Waals surface area contributed by atoms with Gasteiger partial charge in [-0.15, -0.1) is 0 Å². The fourth-order valence-electron chi connectivity index (χ4n) is 2.10. The average molecular weight is 354 g/mol. The van der Waals surface area contributed by atoms with Crippen molar-refractivity contribution in [2.24, 2.45) is 0 Å². The van der Waals surface area contributed by atoms with Crippen molar-refractivity contribution in [3.8, 4) is 0 Å². The maximum atomic E-state index is 13.3. The molecule has 0 N–H and O–H groups in total. The standard InChI is InChI=1S/C17H14ClF2NO3/c1-21(9-10-3-5-11(6-4-10)17(23)24-2)16(22)12-7-14(19)15(20)8-13(12)18/h3-8H,9H2,1-2H3. The Morgan fingerprint density at radius 3 is 2.29 bits per heavy atom. The first-order chi connectivity index (χ1) is 11.3. The normalized spacial score (nSPS) is 10.4. The van der Waals surface area contributed by atoms with Crippen LogP contribution in [0.5, 0.6) is 0 Å². The zero-order valence-electron chi connectivity index (χ0n) is 13.0. The van der Waals surface area contributed by atoms with Crippen LogP contribution in [0.3, 0.4) is 0 Å². The van der Waals surface area contributed by atoms with Crippen molar-refractivity contribution in [2.45, 2.75) is 6.54 Å². The van der Waals surface area contributed by atoms with Gasteiger partial charge in [0.15, 0.2) is 11.6 Å². The number of methoxy groups -OCH3 is 1. The second kappa shape index (κ2) is 7.40. The monoisotopic (exact) mass is 353 g/mol. The highest BCUT2D eigenvalue weighted by molar-refractivity contribution is 6.33. The summed E-state index contributed by atoms with van der Waals surface area (Å²) in [6.07, 6.45) is 0. The molecule has 1 amide bonds. The smallest absolute Gasteiger partial charge is 0.337 e. The molecule has 7 heteroatoms. The minimum absolute atomic E-state index is 0.121. The first kappa shape index (κ1) is 17.9. The lowest BCUT2D eigenvalue weighted by Crippen LogP contribution is -2.26. The summed E-state index contributed by atoms with van der Waals surface area (Å²) >= 11 is 5.81. The van der Waals surface area contributed by atoms with E-state index in [1.807, 2.05) is 0 Å². The third kappa shape index (κ3) is 3.89. The molecule has 0 aromatic heterocycles. The summed E-state index contributed by atoms with van der Waals surface area (Å²) in [4.78, 5) is 25.0. The van der Waals surface area contributed by atoms with Crippen LogP contribution < -0.4 is 0 Å². The Morgan fingerprint density at radius 2 is 1.71 bits per heavy atom. The minimum atomic E-state index is -1.14. The molecule has 0 aliphatic rings. The van der Waals surface area contributed by atoms with E-state index in [-0.39, 0.29) is 17.1 Å². The van der Waals surface area contributed by atoms with E-state index >= 15 is 0 Å². The lowest BCUT2D eigenvalue weighted by atomic mass is 10.1. The molecule has 0 saturated heterocycles. The fourth-order valence-corrected chi connectivity index (χ4v) is 2.33. The molecule has 0 bridgehead atoms. The third-order valence-corrected chi connectivity index (χ3v) is 3.69. The SMILES string of the molecule is COC(=O)c1ccc(CN(C)C(=O)c2cc(F)c(F)cc2Cl)cc1. The number of amides is 1. The second-order valence-electron chi connectivity index (χ2n) is 5.10. The quantitative estimate of drug-likeness (QED) is 0.622. The highest BCUT2D eigenvalue weighted by atomic mass is 35.5. The molecule has 24 heavy (non-hydrogen) atoms. The molecule has 4 nitrogen and oxygen atoms in total. The Kier molecular flexibility index (Phi) is 5.51. The van der Waals surface area contributed by atoms with Gasteiger partial charge in [0.05, 0.1) is 23.3 Å². The summed E-state index contributed by atoms with van der Waals surface area (Å²) < 4.78 is 31.0. The summed E-state index contributed by atoms with van der Waals surface area (Å²) in [6.45, 7) is 0.204. The lowest BCUT2D eigenvalue weighted by molar-refractivity contribution is 0.0600. The zero-order valence-corrected chi connectivity index (χ0v) is 13.7. The van der Waals surface area contributed by atoms with Crippen molar-refractivity contribution in [1.82, 2.24) is 4.90 Å².